The van der Waals surface area contributed by atoms with Crippen LogP contribution in [0.1, 0.15) is 6.92 Å². The normalized spacial score (nSPS) is 39.4. The van der Waals surface area contributed by atoms with Gasteiger partial charge in [0.2, 0.25) is 5.91 Å². The van der Waals surface area contributed by atoms with Gasteiger partial charge in [0, 0.05) is 13.5 Å². The van der Waals surface area contributed by atoms with Crippen molar-refractivity contribution in [1.82, 2.24) is 5.32 Å². The number of aliphatic hydroxyl groups is 3. The Morgan fingerprint density at radius 2 is 2.00 bits per heavy atom. The maximum atomic E-state index is 10.9. The van der Waals surface area contributed by atoms with Crippen LogP contribution in [0.25, 0.3) is 0 Å². The summed E-state index contributed by atoms with van der Waals surface area (Å²) in [5.41, 5.74) is 5.44. The molecule has 0 bridgehead atoms. The topological polar surface area (TPSA) is 125 Å². The Morgan fingerprint density at radius 1 is 1.38 bits per heavy atom. The highest BCUT2D eigenvalue weighted by molar-refractivity contribution is 5.73. The summed E-state index contributed by atoms with van der Waals surface area (Å²) >= 11 is 0. The third-order valence-electron chi connectivity index (χ3n) is 2.63. The zero-order valence-corrected chi connectivity index (χ0v) is 9.04. The molecule has 1 heterocycles. The first-order valence-electron chi connectivity index (χ1n) is 5.10. The minimum atomic E-state index is -1.25. The van der Waals surface area contributed by atoms with E-state index in [0.717, 1.165) is 0 Å². The van der Waals surface area contributed by atoms with Gasteiger partial charge < -0.3 is 31.1 Å². The number of nitrogens with one attached hydrogen (secondary N) is 1. The van der Waals surface area contributed by atoms with Gasteiger partial charge in [-0.15, -0.1) is 0 Å². The zero-order chi connectivity index (χ0) is 12.3. The summed E-state index contributed by atoms with van der Waals surface area (Å²) in [6, 6.07) is -0.764. The van der Waals surface area contributed by atoms with E-state index in [4.69, 9.17) is 15.6 Å². The quantitative estimate of drug-likeness (QED) is 0.353. The number of aliphatic hydroxyl groups excluding tert-OH is 3. The lowest BCUT2D eigenvalue weighted by molar-refractivity contribution is -0.192. The molecule has 7 nitrogen and oxygen atoms in total. The minimum Gasteiger partial charge on any atom is -0.394 e. The number of carbonyl (C=O) groups is 1. The molecule has 1 fully saturated rings. The van der Waals surface area contributed by atoms with Crippen LogP contribution in [0.2, 0.25) is 0 Å². The van der Waals surface area contributed by atoms with Gasteiger partial charge in [-0.2, -0.15) is 0 Å². The van der Waals surface area contributed by atoms with E-state index >= 15 is 0 Å². The maximum Gasteiger partial charge on any atom is 0.217 e. The second kappa shape index (κ2) is 5.55. The summed E-state index contributed by atoms with van der Waals surface area (Å²) in [5.74, 6) is -0.347. The molecule has 0 aromatic rings. The predicted octanol–water partition coefficient (Wildman–Crippen LogP) is -3.07. The van der Waals surface area contributed by atoms with Crippen molar-refractivity contribution in [2.75, 3.05) is 13.2 Å². The van der Waals surface area contributed by atoms with Crippen molar-refractivity contribution < 1.29 is 24.9 Å². The van der Waals surface area contributed by atoms with Gasteiger partial charge in [-0.05, 0) is 0 Å². The Hall–Kier alpha value is -0.730. The van der Waals surface area contributed by atoms with Gasteiger partial charge in [0.1, 0.15) is 18.3 Å². The fourth-order valence-electron chi connectivity index (χ4n) is 1.81. The van der Waals surface area contributed by atoms with Crippen LogP contribution in [0, 0.1) is 0 Å². The highest BCUT2D eigenvalue weighted by Gasteiger charge is 2.43. The number of rotatable bonds is 3. The first-order valence-corrected chi connectivity index (χ1v) is 5.10. The van der Waals surface area contributed by atoms with E-state index in [0.29, 0.717) is 0 Å². The molecule has 1 amide bonds. The van der Waals surface area contributed by atoms with E-state index in [-0.39, 0.29) is 12.5 Å². The molecule has 7 heteroatoms. The molecule has 1 aliphatic rings. The fraction of sp³-hybridized carbons (Fsp3) is 0.889. The van der Waals surface area contributed by atoms with Crippen molar-refractivity contribution in [3.8, 4) is 0 Å². The second-order valence-electron chi connectivity index (χ2n) is 3.84. The largest absolute Gasteiger partial charge is 0.394 e. The third kappa shape index (κ3) is 2.69. The Labute approximate surface area is 93.2 Å². The van der Waals surface area contributed by atoms with E-state index in [1.165, 1.54) is 6.92 Å². The molecule has 1 aliphatic heterocycles. The molecule has 0 radical (unpaired) electrons. The minimum absolute atomic E-state index is 0.0746. The Balaban J connectivity index is 2.77. The van der Waals surface area contributed by atoms with Crippen LogP contribution in [0.15, 0.2) is 0 Å². The van der Waals surface area contributed by atoms with Crippen LogP contribution in [0.3, 0.4) is 0 Å². The van der Waals surface area contributed by atoms with Gasteiger partial charge in [0.25, 0.3) is 0 Å². The van der Waals surface area contributed by atoms with Crippen LogP contribution in [-0.2, 0) is 9.53 Å². The van der Waals surface area contributed by atoms with Crippen molar-refractivity contribution in [1.29, 1.82) is 0 Å². The van der Waals surface area contributed by atoms with E-state index in [1.54, 1.807) is 0 Å². The van der Waals surface area contributed by atoms with Crippen molar-refractivity contribution in [2.24, 2.45) is 5.73 Å². The van der Waals surface area contributed by atoms with Gasteiger partial charge in [-0.1, -0.05) is 0 Å². The predicted molar refractivity (Wildman–Crippen MR) is 54.4 cm³/mol. The molecule has 0 aliphatic carbocycles. The van der Waals surface area contributed by atoms with Crippen molar-refractivity contribution in [3.63, 3.8) is 0 Å². The molecule has 0 spiro atoms. The summed E-state index contributed by atoms with van der Waals surface area (Å²) in [7, 11) is 0. The Kier molecular flexibility index (Phi) is 4.63. The molecule has 6 N–H and O–H groups in total. The molecule has 5 unspecified atom stereocenters. The molecule has 0 aromatic heterocycles. The molecular weight excluding hydrogens is 216 g/mol. The lowest BCUT2D eigenvalue weighted by Crippen LogP contribution is -2.65. The molecular formula is C9H18N2O5. The van der Waals surface area contributed by atoms with Crippen LogP contribution < -0.4 is 11.1 Å². The maximum absolute atomic E-state index is 10.9. The number of amides is 1. The molecule has 1 rings (SSSR count). The molecule has 0 saturated carbocycles. The van der Waals surface area contributed by atoms with Crippen LogP contribution in [0.5, 0.6) is 0 Å². The summed E-state index contributed by atoms with van der Waals surface area (Å²) in [5, 5.41) is 30.8. The summed E-state index contributed by atoms with van der Waals surface area (Å²) < 4.78 is 5.28. The average molecular weight is 234 g/mol. The van der Waals surface area contributed by atoms with Crippen LogP contribution >= 0.6 is 0 Å². The molecule has 1 saturated heterocycles. The third-order valence-corrected chi connectivity index (χ3v) is 2.63. The monoisotopic (exact) mass is 234 g/mol. The van der Waals surface area contributed by atoms with Crippen molar-refractivity contribution >= 4 is 5.91 Å². The standard InChI is InChI=1S/C9H18N2O5/c1-4(13)11-7-5(2-10)16-6(3-12)8(14)9(7)15/h5-9,12,14-15H,2-3,10H2,1H3,(H,11,13). The summed E-state index contributed by atoms with van der Waals surface area (Å²) in [6.45, 7) is 0.956. The van der Waals surface area contributed by atoms with Gasteiger partial charge >= 0.3 is 0 Å². The Morgan fingerprint density at radius 3 is 2.44 bits per heavy atom. The first kappa shape index (κ1) is 13.3. The summed E-state index contributed by atoms with van der Waals surface area (Å²) in [6.07, 6.45) is -3.96. The molecule has 16 heavy (non-hydrogen) atoms. The summed E-state index contributed by atoms with van der Waals surface area (Å²) in [4.78, 5) is 10.9. The SMILES string of the molecule is CC(=O)NC1C(CN)OC(CO)C(O)C1O. The van der Waals surface area contributed by atoms with E-state index < -0.39 is 37.1 Å². The molecule has 0 aromatic carbocycles. The first-order chi connectivity index (χ1) is 7.51. The highest BCUT2D eigenvalue weighted by Crippen LogP contribution is 2.20. The number of ether oxygens (including phenoxy) is 1. The number of hydrogen-bond donors (Lipinski definition) is 5. The smallest absolute Gasteiger partial charge is 0.217 e. The van der Waals surface area contributed by atoms with Crippen LogP contribution in [-0.4, -0.2) is 64.8 Å². The number of hydrogen-bond acceptors (Lipinski definition) is 6. The lowest BCUT2D eigenvalue weighted by atomic mass is 9.92. The van der Waals surface area contributed by atoms with E-state index in [2.05, 4.69) is 5.32 Å². The van der Waals surface area contributed by atoms with E-state index in [1.807, 2.05) is 0 Å². The second-order valence-corrected chi connectivity index (χ2v) is 3.84. The van der Waals surface area contributed by atoms with Gasteiger partial charge in [0.15, 0.2) is 0 Å². The van der Waals surface area contributed by atoms with Crippen molar-refractivity contribution in [2.45, 2.75) is 37.4 Å². The molecule has 94 valence electrons. The highest BCUT2D eigenvalue weighted by atomic mass is 16.5. The van der Waals surface area contributed by atoms with Crippen LogP contribution in [0.4, 0.5) is 0 Å². The Bertz CT molecular complexity index is 248. The van der Waals surface area contributed by atoms with Crippen molar-refractivity contribution in [3.05, 3.63) is 0 Å². The lowest BCUT2D eigenvalue weighted by Gasteiger charge is -2.42. The van der Waals surface area contributed by atoms with Gasteiger partial charge in [-0.3, -0.25) is 4.79 Å². The zero-order valence-electron chi connectivity index (χ0n) is 9.04. The van der Waals surface area contributed by atoms with Gasteiger partial charge in [0.05, 0.1) is 18.8 Å². The van der Waals surface area contributed by atoms with Gasteiger partial charge in [-0.25, -0.2) is 0 Å². The average Bonchev–Trinajstić information content (AvgIpc) is 2.25. The van der Waals surface area contributed by atoms with E-state index in [9.17, 15) is 15.0 Å². The number of carbonyl (C=O) groups excluding carboxylic acids is 1. The number of nitrogens with two attached hydrogens (primary N) is 1. The fourth-order valence-corrected chi connectivity index (χ4v) is 1.81. The molecule has 5 atom stereocenters.